The maximum atomic E-state index is 11.4. The number of nitrogens with zero attached hydrogens (tertiary/aromatic N) is 2. The molecule has 0 unspecified atom stereocenters. The van der Waals surface area contributed by atoms with Crippen LogP contribution in [0.5, 0.6) is 0 Å². The Morgan fingerprint density at radius 1 is 0.458 bits per heavy atom. The van der Waals surface area contributed by atoms with Gasteiger partial charge in [0.15, 0.2) is 0 Å². The fraction of sp³-hybridized carbons (Fsp3) is 0.900. The second-order valence-corrected chi connectivity index (χ2v) is 7.32. The van der Waals surface area contributed by atoms with Crippen molar-refractivity contribution in [3.63, 3.8) is 0 Å². The van der Waals surface area contributed by atoms with Crippen molar-refractivity contribution in [2.75, 3.05) is 28.2 Å². The first-order valence-corrected chi connectivity index (χ1v) is 9.85. The van der Waals surface area contributed by atoms with Crippen molar-refractivity contribution < 1.29 is 9.59 Å². The summed E-state index contributed by atoms with van der Waals surface area (Å²) in [5.41, 5.74) is 0. The van der Waals surface area contributed by atoms with Gasteiger partial charge in [-0.15, -0.1) is 0 Å². The lowest BCUT2D eigenvalue weighted by Gasteiger charge is -2.09. The molecule has 0 bridgehead atoms. The first-order valence-electron chi connectivity index (χ1n) is 9.85. The summed E-state index contributed by atoms with van der Waals surface area (Å²) in [7, 11) is 7.30. The van der Waals surface area contributed by atoms with Crippen LogP contribution in [-0.4, -0.2) is 49.8 Å². The summed E-state index contributed by atoms with van der Waals surface area (Å²) in [6, 6.07) is 0. The van der Waals surface area contributed by atoms with Gasteiger partial charge in [0.1, 0.15) is 0 Å². The molecule has 0 saturated heterocycles. The molecule has 0 spiro atoms. The Morgan fingerprint density at radius 3 is 0.875 bits per heavy atom. The Hall–Kier alpha value is -1.06. The molecule has 4 nitrogen and oxygen atoms in total. The van der Waals surface area contributed by atoms with Crippen LogP contribution in [0.1, 0.15) is 89.9 Å². The minimum absolute atomic E-state index is 0.251. The van der Waals surface area contributed by atoms with Gasteiger partial charge in [-0.2, -0.15) is 0 Å². The number of hydrogen-bond acceptors (Lipinski definition) is 2. The molecule has 0 atom stereocenters. The largest absolute Gasteiger partial charge is 0.349 e. The first-order chi connectivity index (χ1) is 11.4. The average Bonchev–Trinajstić information content (AvgIpc) is 2.54. The van der Waals surface area contributed by atoms with Crippen LogP contribution in [0.4, 0.5) is 0 Å². The lowest BCUT2D eigenvalue weighted by Crippen LogP contribution is -2.20. The second kappa shape index (κ2) is 15.5. The maximum Gasteiger partial charge on any atom is 0.222 e. The average molecular weight is 341 g/mol. The van der Waals surface area contributed by atoms with Crippen LogP contribution in [0, 0.1) is 0 Å². The highest BCUT2D eigenvalue weighted by Gasteiger charge is 2.03. The van der Waals surface area contributed by atoms with Crippen LogP contribution >= 0.6 is 0 Å². The highest BCUT2D eigenvalue weighted by Crippen LogP contribution is 2.13. The predicted octanol–water partition coefficient (Wildman–Crippen LogP) is 4.62. The molecule has 2 amide bonds. The second-order valence-electron chi connectivity index (χ2n) is 7.32. The van der Waals surface area contributed by atoms with E-state index in [1.54, 1.807) is 9.80 Å². The van der Waals surface area contributed by atoms with Crippen LogP contribution in [0.2, 0.25) is 0 Å². The quantitative estimate of drug-likeness (QED) is 0.408. The zero-order valence-electron chi connectivity index (χ0n) is 16.6. The van der Waals surface area contributed by atoms with Crippen molar-refractivity contribution >= 4 is 11.8 Å². The van der Waals surface area contributed by atoms with E-state index in [1.165, 1.54) is 64.2 Å². The van der Waals surface area contributed by atoms with Gasteiger partial charge in [-0.3, -0.25) is 9.59 Å². The zero-order chi connectivity index (χ0) is 18.2. The predicted molar refractivity (Wildman–Crippen MR) is 102 cm³/mol. The lowest BCUT2D eigenvalue weighted by molar-refractivity contribution is -0.129. The van der Waals surface area contributed by atoms with Crippen LogP contribution in [-0.2, 0) is 9.59 Å². The van der Waals surface area contributed by atoms with E-state index in [0.717, 1.165) is 12.8 Å². The molecule has 0 heterocycles. The summed E-state index contributed by atoms with van der Waals surface area (Å²) in [6.45, 7) is 0. The van der Waals surface area contributed by atoms with Crippen molar-refractivity contribution in [3.8, 4) is 0 Å². The third-order valence-electron chi connectivity index (χ3n) is 4.53. The van der Waals surface area contributed by atoms with Gasteiger partial charge in [-0.1, -0.05) is 64.2 Å². The highest BCUT2D eigenvalue weighted by molar-refractivity contribution is 5.75. The molecule has 0 aliphatic rings. The van der Waals surface area contributed by atoms with Crippen LogP contribution in [0.3, 0.4) is 0 Å². The Labute approximate surface area is 150 Å². The Morgan fingerprint density at radius 2 is 0.667 bits per heavy atom. The molecule has 0 aromatic rings. The van der Waals surface area contributed by atoms with Crippen molar-refractivity contribution in [3.05, 3.63) is 0 Å². The molecule has 0 aromatic carbocycles. The number of carbonyl (C=O) groups is 2. The first kappa shape index (κ1) is 22.9. The van der Waals surface area contributed by atoms with Crippen LogP contribution < -0.4 is 0 Å². The molecule has 0 aromatic heterocycles. The Bertz CT molecular complexity index is 296. The van der Waals surface area contributed by atoms with Crippen molar-refractivity contribution in [2.45, 2.75) is 89.9 Å². The number of hydrogen-bond donors (Lipinski definition) is 0. The maximum absolute atomic E-state index is 11.4. The topological polar surface area (TPSA) is 40.6 Å². The molecule has 0 aliphatic carbocycles. The third-order valence-corrected chi connectivity index (χ3v) is 4.53. The van der Waals surface area contributed by atoms with Gasteiger partial charge >= 0.3 is 0 Å². The van der Waals surface area contributed by atoms with Gasteiger partial charge in [0.2, 0.25) is 11.8 Å². The minimum atomic E-state index is 0.251. The van der Waals surface area contributed by atoms with E-state index < -0.39 is 0 Å². The van der Waals surface area contributed by atoms with Crippen molar-refractivity contribution in [1.29, 1.82) is 0 Å². The van der Waals surface area contributed by atoms with Gasteiger partial charge in [-0.05, 0) is 12.8 Å². The molecule has 0 saturated carbocycles. The van der Waals surface area contributed by atoms with Gasteiger partial charge in [-0.25, -0.2) is 0 Å². The van der Waals surface area contributed by atoms with Gasteiger partial charge in [0.05, 0.1) is 0 Å². The van der Waals surface area contributed by atoms with E-state index in [-0.39, 0.29) is 11.8 Å². The summed E-state index contributed by atoms with van der Waals surface area (Å²) >= 11 is 0. The molecule has 4 heteroatoms. The smallest absolute Gasteiger partial charge is 0.222 e. The molecule has 0 rings (SSSR count). The molecule has 142 valence electrons. The Balaban J connectivity index is 3.15. The third kappa shape index (κ3) is 14.5. The number of carbonyl (C=O) groups excluding carboxylic acids is 2. The van der Waals surface area contributed by atoms with Gasteiger partial charge in [0, 0.05) is 41.0 Å². The monoisotopic (exact) mass is 340 g/mol. The standard InChI is InChI=1S/C20H40N2O2/c1-21(2)19(23)17-15-13-11-9-7-5-6-8-10-12-14-16-18-20(24)22(3)4/h5-18H2,1-4H3. The summed E-state index contributed by atoms with van der Waals surface area (Å²) in [4.78, 5) is 26.2. The molecule has 0 fully saturated rings. The van der Waals surface area contributed by atoms with Crippen LogP contribution in [0.25, 0.3) is 0 Å². The fourth-order valence-electron chi connectivity index (χ4n) is 2.77. The van der Waals surface area contributed by atoms with E-state index >= 15 is 0 Å². The summed E-state index contributed by atoms with van der Waals surface area (Å²) in [6.07, 6.45) is 16.3. The van der Waals surface area contributed by atoms with Gasteiger partial charge in [0.25, 0.3) is 0 Å². The number of rotatable bonds is 15. The molecule has 0 N–H and O–H groups in total. The van der Waals surface area contributed by atoms with E-state index in [2.05, 4.69) is 0 Å². The lowest BCUT2D eigenvalue weighted by atomic mass is 10.0. The summed E-state index contributed by atoms with van der Waals surface area (Å²) in [5.74, 6) is 0.502. The van der Waals surface area contributed by atoms with E-state index in [0.29, 0.717) is 12.8 Å². The normalized spacial score (nSPS) is 10.7. The molecular weight excluding hydrogens is 300 g/mol. The number of amides is 2. The van der Waals surface area contributed by atoms with E-state index in [4.69, 9.17) is 0 Å². The molecule has 24 heavy (non-hydrogen) atoms. The van der Waals surface area contributed by atoms with E-state index in [1.807, 2.05) is 28.2 Å². The zero-order valence-corrected chi connectivity index (χ0v) is 16.6. The summed E-state index contributed by atoms with van der Waals surface area (Å²) in [5, 5.41) is 0. The van der Waals surface area contributed by atoms with Gasteiger partial charge < -0.3 is 9.80 Å². The molecular formula is C20H40N2O2. The highest BCUT2D eigenvalue weighted by atomic mass is 16.2. The van der Waals surface area contributed by atoms with Crippen molar-refractivity contribution in [1.82, 2.24) is 9.80 Å². The van der Waals surface area contributed by atoms with E-state index in [9.17, 15) is 9.59 Å². The van der Waals surface area contributed by atoms with Crippen molar-refractivity contribution in [2.24, 2.45) is 0 Å². The number of unbranched alkanes of at least 4 members (excludes halogenated alkanes) is 11. The SMILES string of the molecule is CN(C)C(=O)CCCCCCCCCCCCCCC(=O)N(C)C. The summed E-state index contributed by atoms with van der Waals surface area (Å²) < 4.78 is 0. The van der Waals surface area contributed by atoms with Crippen LogP contribution in [0.15, 0.2) is 0 Å². The molecule has 0 radical (unpaired) electrons. The fourth-order valence-corrected chi connectivity index (χ4v) is 2.77. The molecule has 0 aliphatic heterocycles. The minimum Gasteiger partial charge on any atom is -0.349 e. The Kier molecular flexibility index (Phi) is 14.8.